The number of ether oxygens (including phenoxy) is 1. The first-order valence-corrected chi connectivity index (χ1v) is 7.07. The van der Waals surface area contributed by atoms with E-state index in [1.807, 2.05) is 6.07 Å². The molecule has 2 rings (SSSR count). The van der Waals surface area contributed by atoms with E-state index < -0.39 is 0 Å². The number of methoxy groups -OCH3 is 1. The molecule has 2 nitrogen and oxygen atoms in total. The zero-order valence-electron chi connectivity index (χ0n) is 11.1. The van der Waals surface area contributed by atoms with Crippen LogP contribution in [0.2, 0.25) is 0 Å². The summed E-state index contributed by atoms with van der Waals surface area (Å²) < 4.78 is 5.23. The van der Waals surface area contributed by atoms with Gasteiger partial charge in [-0.25, -0.2) is 0 Å². The molecule has 0 aliphatic rings. The molecule has 1 heterocycles. The topological polar surface area (TPSA) is 21.3 Å². The molecule has 1 unspecified atom stereocenters. The van der Waals surface area contributed by atoms with Gasteiger partial charge in [0, 0.05) is 10.6 Å². The summed E-state index contributed by atoms with van der Waals surface area (Å²) in [6, 6.07) is 10.8. The smallest absolute Gasteiger partial charge is 0.119 e. The third-order valence-electron chi connectivity index (χ3n) is 3.06. The van der Waals surface area contributed by atoms with Crippen molar-refractivity contribution in [2.45, 2.75) is 26.3 Å². The lowest BCUT2D eigenvalue weighted by Crippen LogP contribution is -2.09. The molecule has 0 bridgehead atoms. The highest BCUT2D eigenvalue weighted by molar-refractivity contribution is 7.10. The van der Waals surface area contributed by atoms with E-state index in [1.54, 1.807) is 18.4 Å². The van der Waals surface area contributed by atoms with E-state index in [4.69, 9.17) is 4.74 Å². The molecule has 3 heteroatoms. The van der Waals surface area contributed by atoms with Crippen LogP contribution in [0.25, 0.3) is 0 Å². The Bertz CT molecular complexity index is 493. The van der Waals surface area contributed by atoms with Gasteiger partial charge in [0.15, 0.2) is 0 Å². The number of thiophene rings is 1. The summed E-state index contributed by atoms with van der Waals surface area (Å²) in [5.41, 5.74) is 2.39. The average molecular weight is 261 g/mol. The standard InChI is InChI=1S/C15H19NOS/c1-4-13(15-6-5-9-18-15)16-14-8-7-12(17-3)10-11(14)2/h5-10,13,16H,4H2,1-3H3. The Morgan fingerprint density at radius 1 is 1.33 bits per heavy atom. The molecule has 1 atom stereocenters. The van der Waals surface area contributed by atoms with Gasteiger partial charge in [-0.1, -0.05) is 13.0 Å². The van der Waals surface area contributed by atoms with Gasteiger partial charge in [-0.05, 0) is 48.6 Å². The van der Waals surface area contributed by atoms with Crippen LogP contribution in [0.1, 0.15) is 29.8 Å². The van der Waals surface area contributed by atoms with E-state index in [-0.39, 0.29) is 0 Å². The molecule has 1 aromatic heterocycles. The van der Waals surface area contributed by atoms with Gasteiger partial charge < -0.3 is 10.1 Å². The van der Waals surface area contributed by atoms with E-state index in [1.165, 1.54) is 16.1 Å². The van der Waals surface area contributed by atoms with Crippen molar-refractivity contribution >= 4 is 17.0 Å². The number of hydrogen-bond acceptors (Lipinski definition) is 3. The second-order valence-corrected chi connectivity index (χ2v) is 5.28. The van der Waals surface area contributed by atoms with Gasteiger partial charge >= 0.3 is 0 Å². The first-order chi connectivity index (χ1) is 8.74. The predicted molar refractivity (Wildman–Crippen MR) is 78.7 cm³/mol. The number of aryl methyl sites for hydroxylation is 1. The van der Waals surface area contributed by atoms with Crippen molar-refractivity contribution in [1.82, 2.24) is 0 Å². The molecule has 18 heavy (non-hydrogen) atoms. The van der Waals surface area contributed by atoms with Gasteiger partial charge in [-0.2, -0.15) is 0 Å². The van der Waals surface area contributed by atoms with Gasteiger partial charge in [-0.15, -0.1) is 11.3 Å². The summed E-state index contributed by atoms with van der Waals surface area (Å²) >= 11 is 1.80. The van der Waals surface area contributed by atoms with Crippen LogP contribution < -0.4 is 10.1 Å². The maximum Gasteiger partial charge on any atom is 0.119 e. The fourth-order valence-corrected chi connectivity index (χ4v) is 2.84. The zero-order chi connectivity index (χ0) is 13.0. The SMILES string of the molecule is CCC(Nc1ccc(OC)cc1C)c1cccs1. The van der Waals surface area contributed by atoms with Crippen molar-refractivity contribution in [2.75, 3.05) is 12.4 Å². The monoisotopic (exact) mass is 261 g/mol. The Kier molecular flexibility index (Phi) is 4.26. The van der Waals surface area contributed by atoms with Crippen molar-refractivity contribution in [3.8, 4) is 5.75 Å². The number of nitrogens with one attached hydrogen (secondary N) is 1. The normalized spacial score (nSPS) is 12.2. The fraction of sp³-hybridized carbons (Fsp3) is 0.333. The third kappa shape index (κ3) is 2.85. The van der Waals surface area contributed by atoms with E-state index >= 15 is 0 Å². The molecular formula is C15H19NOS. The van der Waals surface area contributed by atoms with Crippen LogP contribution in [0.5, 0.6) is 5.75 Å². The lowest BCUT2D eigenvalue weighted by Gasteiger charge is -2.19. The van der Waals surface area contributed by atoms with E-state index in [0.29, 0.717) is 6.04 Å². The minimum atomic E-state index is 0.386. The van der Waals surface area contributed by atoms with Crippen LogP contribution in [-0.4, -0.2) is 7.11 Å². The predicted octanol–water partition coefficient (Wildman–Crippen LogP) is 4.63. The molecule has 0 saturated heterocycles. The highest BCUT2D eigenvalue weighted by atomic mass is 32.1. The van der Waals surface area contributed by atoms with Crippen molar-refractivity contribution in [3.05, 3.63) is 46.2 Å². The highest BCUT2D eigenvalue weighted by Crippen LogP contribution is 2.29. The summed E-state index contributed by atoms with van der Waals surface area (Å²) in [5.74, 6) is 0.905. The first kappa shape index (κ1) is 13.0. The minimum Gasteiger partial charge on any atom is -0.497 e. The molecule has 1 N–H and O–H groups in total. The lowest BCUT2D eigenvalue weighted by molar-refractivity contribution is 0.414. The van der Waals surface area contributed by atoms with Crippen molar-refractivity contribution in [3.63, 3.8) is 0 Å². The van der Waals surface area contributed by atoms with Crippen LogP contribution >= 0.6 is 11.3 Å². The summed E-state index contributed by atoms with van der Waals surface area (Å²) in [4.78, 5) is 1.38. The second-order valence-electron chi connectivity index (χ2n) is 4.30. The summed E-state index contributed by atoms with van der Waals surface area (Å²) in [6.07, 6.45) is 1.08. The van der Waals surface area contributed by atoms with Gasteiger partial charge in [0.25, 0.3) is 0 Å². The Morgan fingerprint density at radius 3 is 2.72 bits per heavy atom. The molecule has 0 aliphatic carbocycles. The van der Waals surface area contributed by atoms with Crippen LogP contribution in [0, 0.1) is 6.92 Å². The number of benzene rings is 1. The maximum absolute atomic E-state index is 5.23. The molecule has 0 saturated carbocycles. The first-order valence-electron chi connectivity index (χ1n) is 6.19. The van der Waals surface area contributed by atoms with Crippen LogP contribution in [0.15, 0.2) is 35.7 Å². The Morgan fingerprint density at radius 2 is 2.17 bits per heavy atom. The molecule has 1 aromatic carbocycles. The van der Waals surface area contributed by atoms with Gasteiger partial charge in [0.05, 0.1) is 13.2 Å². The number of hydrogen-bond donors (Lipinski definition) is 1. The van der Waals surface area contributed by atoms with Gasteiger partial charge in [0.2, 0.25) is 0 Å². The van der Waals surface area contributed by atoms with Crippen molar-refractivity contribution in [1.29, 1.82) is 0 Å². The summed E-state index contributed by atoms with van der Waals surface area (Å²) in [5, 5.41) is 5.73. The number of rotatable bonds is 5. The lowest BCUT2D eigenvalue weighted by atomic mass is 10.1. The van der Waals surface area contributed by atoms with Gasteiger partial charge in [-0.3, -0.25) is 0 Å². The van der Waals surface area contributed by atoms with Crippen molar-refractivity contribution in [2.24, 2.45) is 0 Å². The third-order valence-corrected chi connectivity index (χ3v) is 4.04. The fourth-order valence-electron chi connectivity index (χ4n) is 1.98. The molecule has 0 amide bonds. The van der Waals surface area contributed by atoms with Crippen LogP contribution in [0.4, 0.5) is 5.69 Å². The van der Waals surface area contributed by atoms with E-state index in [0.717, 1.165) is 12.2 Å². The Labute approximate surface area is 113 Å². The summed E-state index contributed by atoms with van der Waals surface area (Å²) in [6.45, 7) is 4.31. The largest absolute Gasteiger partial charge is 0.497 e. The van der Waals surface area contributed by atoms with E-state index in [2.05, 4.69) is 48.8 Å². The molecule has 0 aliphatic heterocycles. The quantitative estimate of drug-likeness (QED) is 0.847. The minimum absolute atomic E-state index is 0.386. The Balaban J connectivity index is 2.17. The van der Waals surface area contributed by atoms with Crippen LogP contribution in [0.3, 0.4) is 0 Å². The molecule has 0 fully saturated rings. The molecule has 0 radical (unpaired) electrons. The van der Waals surface area contributed by atoms with E-state index in [9.17, 15) is 0 Å². The van der Waals surface area contributed by atoms with Gasteiger partial charge in [0.1, 0.15) is 5.75 Å². The van der Waals surface area contributed by atoms with Crippen molar-refractivity contribution < 1.29 is 4.74 Å². The zero-order valence-corrected chi connectivity index (χ0v) is 11.9. The highest BCUT2D eigenvalue weighted by Gasteiger charge is 2.11. The Hall–Kier alpha value is -1.48. The summed E-state index contributed by atoms with van der Waals surface area (Å²) in [7, 11) is 1.70. The average Bonchev–Trinajstić information content (AvgIpc) is 2.91. The number of anilines is 1. The molecular weight excluding hydrogens is 242 g/mol. The molecule has 96 valence electrons. The van der Waals surface area contributed by atoms with Crippen LogP contribution in [-0.2, 0) is 0 Å². The molecule has 0 spiro atoms. The second kappa shape index (κ2) is 5.91. The molecule has 2 aromatic rings. The maximum atomic E-state index is 5.23.